The minimum Gasteiger partial charge on any atom is -0.493 e. The van der Waals surface area contributed by atoms with Crippen molar-refractivity contribution in [3.8, 4) is 22.1 Å². The van der Waals surface area contributed by atoms with E-state index in [0.717, 1.165) is 39.5 Å². The zero-order valence-corrected chi connectivity index (χ0v) is 19.4. The van der Waals surface area contributed by atoms with Gasteiger partial charge in [0.15, 0.2) is 11.5 Å². The van der Waals surface area contributed by atoms with Crippen LogP contribution in [0, 0.1) is 6.92 Å². The molecule has 6 heteroatoms. The summed E-state index contributed by atoms with van der Waals surface area (Å²) in [5.74, 6) is 1.39. The van der Waals surface area contributed by atoms with E-state index in [9.17, 15) is 0 Å². The van der Waals surface area contributed by atoms with Crippen molar-refractivity contribution in [3.63, 3.8) is 0 Å². The molecule has 1 heterocycles. The fourth-order valence-corrected chi connectivity index (χ4v) is 4.66. The molecular weight excluding hydrogens is 428 g/mol. The molecule has 0 unspecified atom stereocenters. The van der Waals surface area contributed by atoms with E-state index in [-0.39, 0.29) is 0 Å². The van der Waals surface area contributed by atoms with Crippen LogP contribution in [-0.4, -0.2) is 18.7 Å². The predicted octanol–water partition coefficient (Wildman–Crippen LogP) is 7.33. The highest BCUT2D eigenvalue weighted by atomic mass is 35.5. The van der Waals surface area contributed by atoms with E-state index in [0.29, 0.717) is 23.9 Å². The van der Waals surface area contributed by atoms with Gasteiger partial charge in [-0.25, -0.2) is 4.98 Å². The Balaban J connectivity index is 1.51. The van der Waals surface area contributed by atoms with Gasteiger partial charge in [-0.05, 0) is 61.4 Å². The van der Waals surface area contributed by atoms with Crippen LogP contribution in [0.15, 0.2) is 54.6 Å². The molecule has 4 aromatic rings. The van der Waals surface area contributed by atoms with E-state index in [2.05, 4.69) is 61.6 Å². The molecule has 4 rings (SSSR count). The molecule has 0 radical (unpaired) electrons. The molecular formula is C25H25ClN2O2S. The summed E-state index contributed by atoms with van der Waals surface area (Å²) in [4.78, 5) is 4.77. The lowest BCUT2D eigenvalue weighted by Gasteiger charge is -2.16. The van der Waals surface area contributed by atoms with Crippen LogP contribution >= 0.6 is 22.9 Å². The number of anilines is 1. The molecule has 0 bridgehead atoms. The number of ether oxygens (including phenoxy) is 2. The molecule has 3 aromatic carbocycles. The number of halogens is 1. The first-order chi connectivity index (χ1) is 15.1. The van der Waals surface area contributed by atoms with Gasteiger partial charge in [0.05, 0.1) is 23.9 Å². The van der Waals surface area contributed by atoms with E-state index >= 15 is 0 Å². The number of aryl methyl sites for hydroxylation is 1. The Bertz CT molecular complexity index is 1190. The van der Waals surface area contributed by atoms with Gasteiger partial charge in [0, 0.05) is 34.4 Å². The average Bonchev–Trinajstić information content (AvgIpc) is 3.20. The number of hydrogen-bond donors (Lipinski definition) is 1. The fourth-order valence-electron chi connectivity index (χ4n) is 3.36. The van der Waals surface area contributed by atoms with Crippen LogP contribution in [0.3, 0.4) is 0 Å². The summed E-state index contributed by atoms with van der Waals surface area (Å²) < 4.78 is 12.6. The van der Waals surface area contributed by atoms with Crippen LogP contribution in [-0.2, 0) is 6.54 Å². The van der Waals surface area contributed by atoms with Crippen molar-refractivity contribution < 1.29 is 9.47 Å². The Hall–Kier alpha value is -2.76. The van der Waals surface area contributed by atoms with E-state index < -0.39 is 0 Å². The van der Waals surface area contributed by atoms with Crippen molar-refractivity contribution in [2.45, 2.75) is 26.8 Å². The number of aromatic nitrogens is 1. The van der Waals surface area contributed by atoms with Crippen molar-refractivity contribution in [2.24, 2.45) is 0 Å². The first-order valence-corrected chi connectivity index (χ1v) is 11.5. The number of nitrogens with one attached hydrogen (secondary N) is 1. The summed E-state index contributed by atoms with van der Waals surface area (Å²) >= 11 is 8.00. The third kappa shape index (κ3) is 4.94. The van der Waals surface area contributed by atoms with Crippen molar-refractivity contribution >= 4 is 38.8 Å². The topological polar surface area (TPSA) is 43.4 Å². The number of rotatable bonds is 8. The third-order valence-electron chi connectivity index (χ3n) is 4.93. The maximum Gasteiger partial charge on any atom is 0.166 e. The van der Waals surface area contributed by atoms with E-state index in [4.69, 9.17) is 26.1 Å². The van der Waals surface area contributed by atoms with Crippen molar-refractivity contribution in [1.29, 1.82) is 0 Å². The molecule has 31 heavy (non-hydrogen) atoms. The Labute approximate surface area is 191 Å². The second-order valence-corrected chi connectivity index (χ2v) is 8.83. The van der Waals surface area contributed by atoms with Crippen LogP contribution in [0.25, 0.3) is 20.8 Å². The molecule has 160 valence electrons. The number of thiazole rings is 1. The smallest absolute Gasteiger partial charge is 0.166 e. The number of benzene rings is 3. The minimum absolute atomic E-state index is 0.579. The Morgan fingerprint density at radius 1 is 1.06 bits per heavy atom. The van der Waals surface area contributed by atoms with Gasteiger partial charge in [0.25, 0.3) is 0 Å². The number of nitrogens with zero attached hydrogens (tertiary/aromatic N) is 1. The van der Waals surface area contributed by atoms with E-state index in [1.165, 1.54) is 10.3 Å². The van der Waals surface area contributed by atoms with Crippen LogP contribution < -0.4 is 14.8 Å². The van der Waals surface area contributed by atoms with Crippen molar-refractivity contribution in [1.82, 2.24) is 4.98 Å². The summed E-state index contributed by atoms with van der Waals surface area (Å²) in [6.45, 7) is 5.39. The maximum absolute atomic E-state index is 6.28. The maximum atomic E-state index is 6.28. The molecule has 0 spiro atoms. The fraction of sp³-hybridized carbons (Fsp3) is 0.240. The monoisotopic (exact) mass is 452 g/mol. The molecule has 0 saturated carbocycles. The molecule has 0 fully saturated rings. The number of hydrogen-bond acceptors (Lipinski definition) is 5. The van der Waals surface area contributed by atoms with Gasteiger partial charge in [0.2, 0.25) is 0 Å². The second-order valence-electron chi connectivity index (χ2n) is 7.37. The van der Waals surface area contributed by atoms with Gasteiger partial charge in [-0.15, -0.1) is 11.3 Å². The van der Waals surface area contributed by atoms with Crippen LogP contribution in [0.1, 0.15) is 24.5 Å². The van der Waals surface area contributed by atoms with Crippen LogP contribution in [0.4, 0.5) is 5.69 Å². The average molecular weight is 453 g/mol. The van der Waals surface area contributed by atoms with Gasteiger partial charge in [0.1, 0.15) is 5.01 Å². The standard InChI is InChI=1S/C25H25ClN2O2S/c1-4-11-30-24-18(13-19(26)14-22(24)29-3)15-27-20-8-6-17(7-9-20)25-28-21-10-5-16(2)12-23(21)31-25/h5-10,12-14,27H,4,11,15H2,1-3H3. The first-order valence-electron chi connectivity index (χ1n) is 10.3. The molecule has 0 saturated heterocycles. The van der Waals surface area contributed by atoms with Gasteiger partial charge in [-0.1, -0.05) is 24.6 Å². The van der Waals surface area contributed by atoms with Crippen LogP contribution in [0.2, 0.25) is 5.02 Å². The van der Waals surface area contributed by atoms with Crippen molar-refractivity contribution in [2.75, 3.05) is 19.0 Å². The zero-order valence-electron chi connectivity index (χ0n) is 17.9. The molecule has 0 atom stereocenters. The SMILES string of the molecule is CCCOc1c(CNc2ccc(-c3nc4ccc(C)cc4s3)cc2)cc(Cl)cc1OC. The highest BCUT2D eigenvalue weighted by Gasteiger charge is 2.13. The summed E-state index contributed by atoms with van der Waals surface area (Å²) in [6.07, 6.45) is 0.922. The number of methoxy groups -OCH3 is 1. The van der Waals surface area contributed by atoms with Crippen LogP contribution in [0.5, 0.6) is 11.5 Å². The van der Waals surface area contributed by atoms with Gasteiger partial charge >= 0.3 is 0 Å². The summed E-state index contributed by atoms with van der Waals surface area (Å²) in [6, 6.07) is 18.4. The van der Waals surface area contributed by atoms with Gasteiger partial charge in [-0.2, -0.15) is 0 Å². The van der Waals surface area contributed by atoms with E-state index in [1.807, 2.05) is 6.07 Å². The molecule has 1 N–H and O–H groups in total. The molecule has 1 aromatic heterocycles. The molecule has 0 amide bonds. The van der Waals surface area contributed by atoms with Crippen molar-refractivity contribution in [3.05, 3.63) is 70.7 Å². The zero-order chi connectivity index (χ0) is 21.8. The molecule has 0 aliphatic rings. The van der Waals surface area contributed by atoms with Gasteiger partial charge in [-0.3, -0.25) is 0 Å². The lowest BCUT2D eigenvalue weighted by Crippen LogP contribution is -2.06. The lowest BCUT2D eigenvalue weighted by molar-refractivity contribution is 0.291. The summed E-state index contributed by atoms with van der Waals surface area (Å²) in [5.41, 5.74) is 5.38. The molecule has 0 aliphatic heterocycles. The minimum atomic E-state index is 0.579. The first kappa shape index (κ1) is 21.5. The highest BCUT2D eigenvalue weighted by molar-refractivity contribution is 7.21. The molecule has 0 aliphatic carbocycles. The quantitative estimate of drug-likeness (QED) is 0.304. The molecule has 4 nitrogen and oxygen atoms in total. The predicted molar refractivity (Wildman–Crippen MR) is 131 cm³/mol. The Morgan fingerprint density at radius 2 is 1.87 bits per heavy atom. The summed E-state index contributed by atoms with van der Waals surface area (Å²) in [5, 5.41) is 5.11. The Kier molecular flexibility index (Phi) is 6.64. The second kappa shape index (κ2) is 9.58. The normalized spacial score (nSPS) is 11.0. The lowest BCUT2D eigenvalue weighted by atomic mass is 10.1. The van der Waals surface area contributed by atoms with E-state index in [1.54, 1.807) is 24.5 Å². The summed E-state index contributed by atoms with van der Waals surface area (Å²) in [7, 11) is 1.63. The highest BCUT2D eigenvalue weighted by Crippen LogP contribution is 2.36. The van der Waals surface area contributed by atoms with Gasteiger partial charge < -0.3 is 14.8 Å². The Morgan fingerprint density at radius 3 is 2.61 bits per heavy atom. The third-order valence-corrected chi connectivity index (χ3v) is 6.21. The number of fused-ring (bicyclic) bond motifs is 1. The largest absolute Gasteiger partial charge is 0.493 e.